The van der Waals surface area contributed by atoms with Crippen molar-refractivity contribution < 1.29 is 9.53 Å². The number of carbonyl (C=O) groups is 1. The molecule has 0 unspecified atom stereocenters. The minimum Gasteiger partial charge on any atom is -0.481 e. The number of hydrogen-bond acceptors (Lipinski definition) is 4. The molecule has 1 N–H and O–H groups in total. The molecule has 0 aromatic carbocycles. The molecule has 134 valence electrons. The van der Waals surface area contributed by atoms with Gasteiger partial charge in [0.25, 0.3) is 5.91 Å². The molecule has 1 amide bonds. The SMILES string of the molecule is CNC(=O)c1ccc([C@@H]2CCCCN2Cc2ccc(OC)nc2)n1C. The Labute approximate surface area is 148 Å². The first kappa shape index (κ1) is 17.5. The molecule has 6 nitrogen and oxygen atoms in total. The maximum Gasteiger partial charge on any atom is 0.267 e. The molecule has 1 saturated heterocycles. The van der Waals surface area contributed by atoms with Crippen molar-refractivity contribution in [1.82, 2.24) is 19.8 Å². The van der Waals surface area contributed by atoms with Crippen molar-refractivity contribution in [2.75, 3.05) is 20.7 Å². The highest BCUT2D eigenvalue weighted by atomic mass is 16.5. The molecule has 0 spiro atoms. The van der Waals surface area contributed by atoms with Crippen LogP contribution >= 0.6 is 0 Å². The van der Waals surface area contributed by atoms with Crippen LogP contribution in [0.2, 0.25) is 0 Å². The number of nitrogens with one attached hydrogen (secondary N) is 1. The number of pyridine rings is 1. The van der Waals surface area contributed by atoms with Gasteiger partial charge in [-0.15, -0.1) is 0 Å². The minimum absolute atomic E-state index is 0.0459. The molecular formula is C19H26N4O2. The summed E-state index contributed by atoms with van der Waals surface area (Å²) in [5.41, 5.74) is 3.07. The van der Waals surface area contributed by atoms with Gasteiger partial charge in [-0.3, -0.25) is 9.69 Å². The topological polar surface area (TPSA) is 59.4 Å². The van der Waals surface area contributed by atoms with Crippen LogP contribution in [0.1, 0.15) is 47.1 Å². The van der Waals surface area contributed by atoms with Crippen molar-refractivity contribution >= 4 is 5.91 Å². The van der Waals surface area contributed by atoms with Gasteiger partial charge >= 0.3 is 0 Å². The van der Waals surface area contributed by atoms with E-state index in [0.29, 0.717) is 17.6 Å². The van der Waals surface area contributed by atoms with Crippen LogP contribution in [-0.2, 0) is 13.6 Å². The number of hydrogen-bond donors (Lipinski definition) is 1. The fourth-order valence-corrected chi connectivity index (χ4v) is 3.59. The third-order valence-corrected chi connectivity index (χ3v) is 4.97. The van der Waals surface area contributed by atoms with Gasteiger partial charge in [0, 0.05) is 38.6 Å². The second-order valence-electron chi connectivity index (χ2n) is 6.47. The number of amides is 1. The molecule has 1 aliphatic heterocycles. The van der Waals surface area contributed by atoms with Crippen molar-refractivity contribution in [2.24, 2.45) is 7.05 Å². The molecule has 2 aromatic heterocycles. The Kier molecular flexibility index (Phi) is 5.38. The lowest BCUT2D eigenvalue weighted by atomic mass is 9.98. The monoisotopic (exact) mass is 342 g/mol. The Morgan fingerprint density at radius 1 is 1.32 bits per heavy atom. The molecule has 2 aromatic rings. The fraction of sp³-hybridized carbons (Fsp3) is 0.474. The Morgan fingerprint density at radius 3 is 2.84 bits per heavy atom. The van der Waals surface area contributed by atoms with Crippen molar-refractivity contribution in [3.63, 3.8) is 0 Å². The number of piperidine rings is 1. The summed E-state index contributed by atoms with van der Waals surface area (Å²) in [5.74, 6) is 0.590. The molecule has 1 atom stereocenters. The third kappa shape index (κ3) is 3.69. The minimum atomic E-state index is -0.0459. The van der Waals surface area contributed by atoms with E-state index >= 15 is 0 Å². The fourth-order valence-electron chi connectivity index (χ4n) is 3.59. The molecule has 25 heavy (non-hydrogen) atoms. The standard InChI is InChI=1S/C19H26N4O2/c1-20-19(24)17-9-8-15(22(17)2)16-6-4-5-11-23(16)13-14-7-10-18(25-3)21-12-14/h7-10,12,16H,4-6,11,13H2,1-3H3,(H,20,24)/t16-/m0/s1. The van der Waals surface area contributed by atoms with Crippen LogP contribution in [-0.4, -0.2) is 41.1 Å². The van der Waals surface area contributed by atoms with Crippen LogP contribution in [0.3, 0.4) is 0 Å². The summed E-state index contributed by atoms with van der Waals surface area (Å²) in [5, 5.41) is 2.71. The quantitative estimate of drug-likeness (QED) is 0.907. The second kappa shape index (κ2) is 7.70. The third-order valence-electron chi connectivity index (χ3n) is 4.97. The lowest BCUT2D eigenvalue weighted by molar-refractivity contribution is 0.0952. The summed E-state index contributed by atoms with van der Waals surface area (Å²) in [6.07, 6.45) is 5.40. The zero-order chi connectivity index (χ0) is 17.8. The molecular weight excluding hydrogens is 316 g/mol. The average Bonchev–Trinajstić information content (AvgIpc) is 3.03. The van der Waals surface area contributed by atoms with Gasteiger partial charge in [0.15, 0.2) is 0 Å². The lowest BCUT2D eigenvalue weighted by Crippen LogP contribution is -2.34. The van der Waals surface area contributed by atoms with E-state index in [0.717, 1.165) is 19.5 Å². The van der Waals surface area contributed by atoms with Gasteiger partial charge in [-0.25, -0.2) is 4.98 Å². The van der Waals surface area contributed by atoms with Gasteiger partial charge in [0.2, 0.25) is 5.88 Å². The Bertz CT molecular complexity index is 724. The van der Waals surface area contributed by atoms with Gasteiger partial charge in [0.1, 0.15) is 5.69 Å². The molecule has 1 fully saturated rings. The van der Waals surface area contributed by atoms with Crippen molar-refractivity contribution in [2.45, 2.75) is 31.8 Å². The number of likely N-dealkylation sites (tertiary alicyclic amines) is 1. The molecule has 3 rings (SSSR count). The normalized spacial score (nSPS) is 18.1. The van der Waals surface area contributed by atoms with E-state index in [1.807, 2.05) is 29.9 Å². The number of methoxy groups -OCH3 is 1. The first-order chi connectivity index (χ1) is 12.1. The zero-order valence-electron chi connectivity index (χ0n) is 15.2. The number of nitrogens with zero attached hydrogens (tertiary/aromatic N) is 3. The Morgan fingerprint density at radius 2 is 2.16 bits per heavy atom. The highest BCUT2D eigenvalue weighted by Crippen LogP contribution is 2.33. The van der Waals surface area contributed by atoms with Gasteiger partial charge in [-0.2, -0.15) is 0 Å². The largest absolute Gasteiger partial charge is 0.481 e. The van der Waals surface area contributed by atoms with Crippen LogP contribution in [0.5, 0.6) is 5.88 Å². The molecule has 6 heteroatoms. The smallest absolute Gasteiger partial charge is 0.267 e. The Balaban J connectivity index is 1.81. The van der Waals surface area contributed by atoms with Crippen LogP contribution in [0.25, 0.3) is 0 Å². The summed E-state index contributed by atoms with van der Waals surface area (Å²) in [7, 11) is 5.27. The molecule has 0 radical (unpaired) electrons. The first-order valence-corrected chi connectivity index (χ1v) is 8.74. The van der Waals surface area contributed by atoms with E-state index < -0.39 is 0 Å². The van der Waals surface area contributed by atoms with Crippen molar-refractivity contribution in [3.05, 3.63) is 47.4 Å². The summed E-state index contributed by atoms with van der Waals surface area (Å²) in [6.45, 7) is 1.90. The number of carbonyl (C=O) groups excluding carboxylic acids is 1. The van der Waals surface area contributed by atoms with Crippen molar-refractivity contribution in [1.29, 1.82) is 0 Å². The molecule has 0 aliphatic carbocycles. The molecule has 3 heterocycles. The van der Waals surface area contributed by atoms with Crippen LogP contribution in [0.4, 0.5) is 0 Å². The second-order valence-corrected chi connectivity index (χ2v) is 6.47. The molecule has 0 saturated carbocycles. The van der Waals surface area contributed by atoms with Gasteiger partial charge in [-0.05, 0) is 37.1 Å². The lowest BCUT2D eigenvalue weighted by Gasteiger charge is -2.36. The summed E-state index contributed by atoms with van der Waals surface area (Å²) >= 11 is 0. The maximum absolute atomic E-state index is 12.0. The number of rotatable bonds is 5. The van der Waals surface area contributed by atoms with Crippen LogP contribution in [0.15, 0.2) is 30.5 Å². The predicted octanol–water partition coefficient (Wildman–Crippen LogP) is 2.52. The average molecular weight is 342 g/mol. The van der Waals surface area contributed by atoms with E-state index in [9.17, 15) is 4.79 Å². The van der Waals surface area contributed by atoms with Gasteiger partial charge in [0.05, 0.1) is 13.2 Å². The van der Waals surface area contributed by atoms with Crippen molar-refractivity contribution in [3.8, 4) is 5.88 Å². The molecule has 1 aliphatic rings. The highest BCUT2D eigenvalue weighted by molar-refractivity contribution is 5.92. The van der Waals surface area contributed by atoms with Gasteiger partial charge in [-0.1, -0.05) is 12.5 Å². The summed E-state index contributed by atoms with van der Waals surface area (Å²) in [4.78, 5) is 18.8. The van der Waals surface area contributed by atoms with Crippen LogP contribution in [0, 0.1) is 0 Å². The maximum atomic E-state index is 12.0. The van der Waals surface area contributed by atoms with Crippen LogP contribution < -0.4 is 10.1 Å². The van der Waals surface area contributed by atoms with E-state index in [2.05, 4.69) is 27.3 Å². The first-order valence-electron chi connectivity index (χ1n) is 8.74. The number of aromatic nitrogens is 2. The van der Waals surface area contributed by atoms with E-state index in [1.54, 1.807) is 14.2 Å². The van der Waals surface area contributed by atoms with E-state index in [-0.39, 0.29) is 5.91 Å². The highest BCUT2D eigenvalue weighted by Gasteiger charge is 2.27. The summed E-state index contributed by atoms with van der Waals surface area (Å²) in [6, 6.07) is 8.29. The van der Waals surface area contributed by atoms with Gasteiger partial charge < -0.3 is 14.6 Å². The predicted molar refractivity (Wildman–Crippen MR) is 96.6 cm³/mol. The van der Waals surface area contributed by atoms with E-state index in [4.69, 9.17) is 4.74 Å². The number of ether oxygens (including phenoxy) is 1. The summed E-state index contributed by atoms with van der Waals surface area (Å²) < 4.78 is 7.16. The zero-order valence-corrected chi connectivity index (χ0v) is 15.2. The molecule has 0 bridgehead atoms. The Hall–Kier alpha value is -2.34. The van der Waals surface area contributed by atoms with E-state index in [1.165, 1.54) is 24.1 Å².